The van der Waals surface area contributed by atoms with Crippen molar-refractivity contribution >= 4 is 5.91 Å². The number of nitrogens with two attached hydrogens (primary N) is 1. The Morgan fingerprint density at radius 3 is 2.95 bits per heavy atom. The van der Waals surface area contributed by atoms with Crippen molar-refractivity contribution in [1.82, 2.24) is 5.43 Å². The first kappa shape index (κ1) is 14.1. The van der Waals surface area contributed by atoms with Crippen molar-refractivity contribution in [2.24, 2.45) is 5.84 Å². The van der Waals surface area contributed by atoms with Gasteiger partial charge < -0.3 is 13.9 Å². The van der Waals surface area contributed by atoms with Crippen LogP contribution < -0.4 is 16.0 Å². The monoisotopic (exact) mass is 276 g/mol. The molecule has 0 radical (unpaired) electrons. The predicted molar refractivity (Wildman–Crippen MR) is 71.8 cm³/mol. The van der Waals surface area contributed by atoms with Gasteiger partial charge in [-0.2, -0.15) is 0 Å². The molecule has 2 rings (SSSR count). The Morgan fingerprint density at radius 1 is 1.35 bits per heavy atom. The van der Waals surface area contributed by atoms with Gasteiger partial charge in [0, 0.05) is 12.7 Å². The zero-order valence-electron chi connectivity index (χ0n) is 11.1. The summed E-state index contributed by atoms with van der Waals surface area (Å²) in [5.74, 6) is 5.44. The van der Waals surface area contributed by atoms with Crippen molar-refractivity contribution in [3.63, 3.8) is 0 Å². The molecule has 0 fully saturated rings. The summed E-state index contributed by atoms with van der Waals surface area (Å²) in [6.07, 6.45) is 1.42. The molecule has 0 aliphatic carbocycles. The van der Waals surface area contributed by atoms with E-state index < -0.39 is 5.91 Å². The van der Waals surface area contributed by atoms with E-state index in [1.165, 1.54) is 6.26 Å². The fourth-order valence-electron chi connectivity index (χ4n) is 1.77. The second kappa shape index (κ2) is 6.74. The first-order valence-electron chi connectivity index (χ1n) is 6.02. The lowest BCUT2D eigenvalue weighted by Gasteiger charge is -2.07. The SMILES string of the molecule is COCc1cccc(OCc2ccoc2C(=O)NN)c1. The summed E-state index contributed by atoms with van der Waals surface area (Å²) in [4.78, 5) is 11.4. The summed E-state index contributed by atoms with van der Waals surface area (Å²) in [6, 6.07) is 9.21. The lowest BCUT2D eigenvalue weighted by molar-refractivity contribution is 0.0922. The van der Waals surface area contributed by atoms with Crippen LogP contribution in [0.2, 0.25) is 0 Å². The van der Waals surface area contributed by atoms with E-state index in [2.05, 4.69) is 0 Å². The molecule has 6 nitrogen and oxygen atoms in total. The van der Waals surface area contributed by atoms with Crippen molar-refractivity contribution in [2.45, 2.75) is 13.2 Å². The number of methoxy groups -OCH3 is 1. The maximum Gasteiger partial charge on any atom is 0.301 e. The molecule has 0 aliphatic heterocycles. The zero-order chi connectivity index (χ0) is 14.4. The van der Waals surface area contributed by atoms with E-state index in [-0.39, 0.29) is 12.4 Å². The van der Waals surface area contributed by atoms with Gasteiger partial charge in [-0.05, 0) is 23.8 Å². The van der Waals surface area contributed by atoms with Gasteiger partial charge in [-0.1, -0.05) is 12.1 Å². The summed E-state index contributed by atoms with van der Waals surface area (Å²) in [7, 11) is 1.64. The van der Waals surface area contributed by atoms with E-state index in [1.807, 2.05) is 29.7 Å². The number of hydrazine groups is 1. The number of furan rings is 1. The first-order chi connectivity index (χ1) is 9.74. The molecule has 0 aliphatic rings. The molecule has 1 heterocycles. The molecule has 20 heavy (non-hydrogen) atoms. The molecule has 1 aromatic heterocycles. The third kappa shape index (κ3) is 3.37. The minimum atomic E-state index is -0.485. The minimum Gasteiger partial charge on any atom is -0.489 e. The van der Waals surface area contributed by atoms with E-state index in [0.717, 1.165) is 5.56 Å². The predicted octanol–water partition coefficient (Wildman–Crippen LogP) is 1.61. The molecule has 3 N–H and O–H groups in total. The van der Waals surface area contributed by atoms with Gasteiger partial charge in [0.2, 0.25) is 0 Å². The van der Waals surface area contributed by atoms with E-state index in [1.54, 1.807) is 13.2 Å². The van der Waals surface area contributed by atoms with Crippen LogP contribution in [0.15, 0.2) is 41.0 Å². The molecule has 0 spiro atoms. The molecule has 1 amide bonds. The Balaban J connectivity index is 2.03. The molecular formula is C14H16N2O4. The molecule has 106 valence electrons. The summed E-state index contributed by atoms with van der Waals surface area (Å²) >= 11 is 0. The number of ether oxygens (including phenoxy) is 2. The van der Waals surface area contributed by atoms with Crippen LogP contribution in [-0.4, -0.2) is 13.0 Å². The van der Waals surface area contributed by atoms with Crippen LogP contribution in [0.4, 0.5) is 0 Å². The van der Waals surface area contributed by atoms with E-state index in [9.17, 15) is 4.79 Å². The number of carbonyl (C=O) groups is 1. The Morgan fingerprint density at radius 2 is 2.20 bits per heavy atom. The van der Waals surface area contributed by atoms with Gasteiger partial charge in [0.05, 0.1) is 12.9 Å². The largest absolute Gasteiger partial charge is 0.489 e. The van der Waals surface area contributed by atoms with Gasteiger partial charge in [-0.25, -0.2) is 5.84 Å². The smallest absolute Gasteiger partial charge is 0.301 e. The highest BCUT2D eigenvalue weighted by Gasteiger charge is 2.14. The molecule has 0 atom stereocenters. The minimum absolute atomic E-state index is 0.153. The number of nitrogens with one attached hydrogen (secondary N) is 1. The van der Waals surface area contributed by atoms with Gasteiger partial charge in [0.25, 0.3) is 0 Å². The lowest BCUT2D eigenvalue weighted by atomic mass is 10.2. The zero-order valence-corrected chi connectivity index (χ0v) is 11.1. The Bertz CT molecular complexity index is 580. The van der Waals surface area contributed by atoms with Gasteiger partial charge in [-0.3, -0.25) is 10.2 Å². The highest BCUT2D eigenvalue weighted by molar-refractivity contribution is 5.92. The van der Waals surface area contributed by atoms with Crippen molar-refractivity contribution in [1.29, 1.82) is 0 Å². The van der Waals surface area contributed by atoms with Gasteiger partial charge in [0.15, 0.2) is 5.76 Å². The summed E-state index contributed by atoms with van der Waals surface area (Å²) in [5, 5.41) is 0. The fraction of sp³-hybridized carbons (Fsp3) is 0.214. The van der Waals surface area contributed by atoms with Crippen molar-refractivity contribution in [2.75, 3.05) is 7.11 Å². The van der Waals surface area contributed by atoms with Crippen LogP contribution in [0.3, 0.4) is 0 Å². The standard InChI is InChI=1S/C14H16N2O4/c1-18-8-10-3-2-4-12(7-10)20-9-11-5-6-19-13(11)14(17)16-15/h2-7H,8-9,15H2,1H3,(H,16,17). The third-order valence-electron chi connectivity index (χ3n) is 2.69. The second-order valence-corrected chi connectivity index (χ2v) is 4.12. The molecule has 1 aromatic carbocycles. The number of hydrogen-bond acceptors (Lipinski definition) is 5. The Kier molecular flexibility index (Phi) is 4.75. The molecule has 2 aromatic rings. The Hall–Kier alpha value is -2.31. The summed E-state index contributed by atoms with van der Waals surface area (Å²) < 4.78 is 15.8. The first-order valence-corrected chi connectivity index (χ1v) is 6.02. The number of amides is 1. The van der Waals surface area contributed by atoms with Crippen LogP contribution in [0.1, 0.15) is 21.7 Å². The molecule has 0 unspecified atom stereocenters. The van der Waals surface area contributed by atoms with Crippen LogP contribution in [0.5, 0.6) is 5.75 Å². The van der Waals surface area contributed by atoms with Crippen molar-refractivity contribution < 1.29 is 18.7 Å². The van der Waals surface area contributed by atoms with Crippen LogP contribution in [0, 0.1) is 0 Å². The van der Waals surface area contributed by atoms with Crippen LogP contribution in [-0.2, 0) is 18.0 Å². The van der Waals surface area contributed by atoms with E-state index >= 15 is 0 Å². The fourth-order valence-corrected chi connectivity index (χ4v) is 1.77. The number of hydrogen-bond donors (Lipinski definition) is 2. The van der Waals surface area contributed by atoms with Crippen molar-refractivity contribution in [3.05, 3.63) is 53.5 Å². The second-order valence-electron chi connectivity index (χ2n) is 4.12. The maximum atomic E-state index is 11.4. The number of nitrogen functional groups attached to an aromatic ring is 1. The normalized spacial score (nSPS) is 10.3. The van der Waals surface area contributed by atoms with Crippen LogP contribution >= 0.6 is 0 Å². The van der Waals surface area contributed by atoms with Crippen LogP contribution in [0.25, 0.3) is 0 Å². The lowest BCUT2D eigenvalue weighted by Crippen LogP contribution is -2.30. The highest BCUT2D eigenvalue weighted by atomic mass is 16.5. The van der Waals surface area contributed by atoms with Crippen molar-refractivity contribution in [3.8, 4) is 5.75 Å². The molecular weight excluding hydrogens is 260 g/mol. The highest BCUT2D eigenvalue weighted by Crippen LogP contribution is 2.18. The van der Waals surface area contributed by atoms with E-state index in [4.69, 9.17) is 19.7 Å². The van der Waals surface area contributed by atoms with Gasteiger partial charge >= 0.3 is 5.91 Å². The van der Waals surface area contributed by atoms with Gasteiger partial charge in [0.1, 0.15) is 12.4 Å². The average Bonchev–Trinajstić information content (AvgIpc) is 2.93. The summed E-state index contributed by atoms with van der Waals surface area (Å²) in [6.45, 7) is 0.736. The molecule has 0 saturated carbocycles. The number of rotatable bonds is 6. The third-order valence-corrected chi connectivity index (χ3v) is 2.69. The number of carbonyl (C=O) groups excluding carboxylic acids is 1. The molecule has 6 heteroatoms. The molecule has 0 saturated heterocycles. The quantitative estimate of drug-likeness (QED) is 0.475. The molecule has 0 bridgehead atoms. The Labute approximate surface area is 116 Å². The van der Waals surface area contributed by atoms with E-state index in [0.29, 0.717) is 17.9 Å². The average molecular weight is 276 g/mol. The maximum absolute atomic E-state index is 11.4. The van der Waals surface area contributed by atoms with Gasteiger partial charge in [-0.15, -0.1) is 0 Å². The summed E-state index contributed by atoms with van der Waals surface area (Å²) in [5.41, 5.74) is 3.67. The number of benzene rings is 1. The topological polar surface area (TPSA) is 86.7 Å².